The normalized spacial score (nSPS) is 11.3. The average Bonchev–Trinajstić information content (AvgIpc) is 3.03. The number of fused-ring (bicyclic) bond motifs is 1. The number of benzene rings is 2. The number of aromatic nitrogens is 1. The fourth-order valence-corrected chi connectivity index (χ4v) is 2.65. The number of hydrogen-bond donors (Lipinski definition) is 3. The molecule has 2 aromatic carbocycles. The maximum atomic E-state index is 12.2. The van der Waals surface area contributed by atoms with Gasteiger partial charge in [-0.15, -0.1) is 0 Å². The molecule has 0 atom stereocenters. The molecule has 3 rings (SSSR count). The molecule has 28 heavy (non-hydrogen) atoms. The maximum Gasteiger partial charge on any atom is 0.319 e. The van der Waals surface area contributed by atoms with Crippen molar-refractivity contribution >= 4 is 34.4 Å². The minimum Gasteiger partial charge on any atom is -0.440 e. The predicted octanol–water partition coefficient (Wildman–Crippen LogP) is 4.41. The van der Waals surface area contributed by atoms with Gasteiger partial charge in [-0.2, -0.15) is 0 Å². The standard InChI is InChI=1S/C21H24N4O3/c1-13(26)23-15-7-5-6-14(10-15)12-22-20(27)24-16-8-9-18-17(11-16)25-19(28-18)21(2,3)4/h5-11H,12H2,1-4H3,(H,23,26)(H2,22,24,27). The van der Waals surface area contributed by atoms with Gasteiger partial charge < -0.3 is 20.4 Å². The highest BCUT2D eigenvalue weighted by atomic mass is 16.3. The maximum absolute atomic E-state index is 12.2. The number of carbonyl (C=O) groups excluding carboxylic acids is 2. The summed E-state index contributed by atoms with van der Waals surface area (Å²) in [7, 11) is 0. The van der Waals surface area contributed by atoms with Crippen molar-refractivity contribution in [1.29, 1.82) is 0 Å². The summed E-state index contributed by atoms with van der Waals surface area (Å²) in [6.45, 7) is 7.88. The van der Waals surface area contributed by atoms with Crippen LogP contribution in [0.5, 0.6) is 0 Å². The van der Waals surface area contributed by atoms with E-state index in [1.165, 1.54) is 6.92 Å². The Hall–Kier alpha value is -3.35. The summed E-state index contributed by atoms with van der Waals surface area (Å²) in [5.41, 5.74) is 3.40. The monoisotopic (exact) mass is 380 g/mol. The molecule has 0 aliphatic carbocycles. The topological polar surface area (TPSA) is 96.3 Å². The Labute approximate surface area is 163 Å². The van der Waals surface area contributed by atoms with E-state index in [9.17, 15) is 9.59 Å². The predicted molar refractivity (Wildman–Crippen MR) is 109 cm³/mol. The molecule has 0 aliphatic rings. The molecule has 0 saturated carbocycles. The van der Waals surface area contributed by atoms with Crippen molar-refractivity contribution in [3.05, 3.63) is 53.9 Å². The Morgan fingerprint density at radius 2 is 1.79 bits per heavy atom. The molecule has 3 amide bonds. The lowest BCUT2D eigenvalue weighted by Gasteiger charge is -2.11. The van der Waals surface area contributed by atoms with Gasteiger partial charge in [0, 0.05) is 30.3 Å². The van der Waals surface area contributed by atoms with Crippen molar-refractivity contribution in [2.75, 3.05) is 10.6 Å². The van der Waals surface area contributed by atoms with Gasteiger partial charge in [0.2, 0.25) is 11.8 Å². The Morgan fingerprint density at radius 3 is 2.50 bits per heavy atom. The third kappa shape index (κ3) is 4.88. The highest BCUT2D eigenvalue weighted by molar-refractivity contribution is 5.91. The quantitative estimate of drug-likeness (QED) is 0.625. The van der Waals surface area contributed by atoms with E-state index >= 15 is 0 Å². The fraction of sp³-hybridized carbons (Fsp3) is 0.286. The molecule has 0 spiro atoms. The summed E-state index contributed by atoms with van der Waals surface area (Å²) >= 11 is 0. The van der Waals surface area contributed by atoms with Crippen LogP contribution in [0.25, 0.3) is 11.1 Å². The second kappa shape index (κ2) is 7.72. The van der Waals surface area contributed by atoms with Gasteiger partial charge in [0.1, 0.15) is 5.52 Å². The molecule has 1 heterocycles. The van der Waals surface area contributed by atoms with E-state index in [1.54, 1.807) is 24.3 Å². The summed E-state index contributed by atoms with van der Waals surface area (Å²) in [6.07, 6.45) is 0. The zero-order valence-electron chi connectivity index (χ0n) is 16.4. The number of oxazole rings is 1. The number of urea groups is 1. The molecule has 146 valence electrons. The fourth-order valence-electron chi connectivity index (χ4n) is 2.65. The van der Waals surface area contributed by atoms with E-state index < -0.39 is 0 Å². The van der Waals surface area contributed by atoms with Gasteiger partial charge in [-0.3, -0.25) is 4.79 Å². The zero-order chi connectivity index (χ0) is 20.3. The lowest BCUT2D eigenvalue weighted by atomic mass is 9.97. The molecule has 3 N–H and O–H groups in total. The summed E-state index contributed by atoms with van der Waals surface area (Å²) in [5.74, 6) is 0.517. The molecule has 0 aliphatic heterocycles. The molecule has 0 saturated heterocycles. The van der Waals surface area contributed by atoms with Crippen LogP contribution in [-0.2, 0) is 16.8 Å². The highest BCUT2D eigenvalue weighted by Gasteiger charge is 2.21. The van der Waals surface area contributed by atoms with Gasteiger partial charge in [0.25, 0.3) is 0 Å². The Bertz CT molecular complexity index is 1020. The first-order valence-electron chi connectivity index (χ1n) is 9.03. The van der Waals surface area contributed by atoms with Gasteiger partial charge in [0.15, 0.2) is 5.58 Å². The van der Waals surface area contributed by atoms with Crippen molar-refractivity contribution in [2.45, 2.75) is 39.7 Å². The second-order valence-corrected chi connectivity index (χ2v) is 7.64. The third-order valence-corrected chi connectivity index (χ3v) is 3.99. The Morgan fingerprint density at radius 1 is 1.04 bits per heavy atom. The van der Waals surface area contributed by atoms with E-state index in [4.69, 9.17) is 4.42 Å². The first kappa shape index (κ1) is 19.4. The van der Waals surface area contributed by atoms with Crippen LogP contribution in [0.2, 0.25) is 0 Å². The van der Waals surface area contributed by atoms with Gasteiger partial charge in [-0.1, -0.05) is 32.9 Å². The van der Waals surface area contributed by atoms with E-state index in [1.807, 2.05) is 39.0 Å². The molecule has 3 aromatic rings. The van der Waals surface area contributed by atoms with E-state index in [0.29, 0.717) is 34.9 Å². The molecule has 7 heteroatoms. The largest absolute Gasteiger partial charge is 0.440 e. The van der Waals surface area contributed by atoms with Crippen LogP contribution in [0, 0.1) is 0 Å². The number of carbonyl (C=O) groups is 2. The molecule has 0 radical (unpaired) electrons. The molecule has 7 nitrogen and oxygen atoms in total. The van der Waals surface area contributed by atoms with Crippen LogP contribution in [-0.4, -0.2) is 16.9 Å². The average molecular weight is 380 g/mol. The van der Waals surface area contributed by atoms with Crippen LogP contribution in [0.15, 0.2) is 46.9 Å². The van der Waals surface area contributed by atoms with Crippen molar-refractivity contribution < 1.29 is 14.0 Å². The van der Waals surface area contributed by atoms with E-state index in [0.717, 1.165) is 5.56 Å². The summed E-state index contributed by atoms with van der Waals surface area (Å²) in [6, 6.07) is 12.3. The SMILES string of the molecule is CC(=O)Nc1cccc(CNC(=O)Nc2ccc3oc(C(C)(C)C)nc3c2)c1. The minimum absolute atomic E-state index is 0.138. The number of nitrogens with one attached hydrogen (secondary N) is 3. The van der Waals surface area contributed by atoms with Crippen LogP contribution in [0.3, 0.4) is 0 Å². The van der Waals surface area contributed by atoms with Crippen molar-refractivity contribution in [3.63, 3.8) is 0 Å². The molecular formula is C21H24N4O3. The van der Waals surface area contributed by atoms with E-state index in [2.05, 4.69) is 20.9 Å². The number of amides is 3. The number of nitrogens with zero attached hydrogens (tertiary/aromatic N) is 1. The van der Waals surface area contributed by atoms with Crippen molar-refractivity contribution in [3.8, 4) is 0 Å². The molecule has 1 aromatic heterocycles. The number of hydrogen-bond acceptors (Lipinski definition) is 4. The van der Waals surface area contributed by atoms with Gasteiger partial charge in [-0.05, 0) is 35.9 Å². The van der Waals surface area contributed by atoms with Gasteiger partial charge in [0.05, 0.1) is 0 Å². The lowest BCUT2D eigenvalue weighted by Crippen LogP contribution is -2.28. The number of anilines is 2. The molecule has 0 unspecified atom stereocenters. The van der Waals surface area contributed by atoms with Crippen LogP contribution in [0.1, 0.15) is 39.1 Å². The van der Waals surface area contributed by atoms with Crippen LogP contribution < -0.4 is 16.0 Å². The van der Waals surface area contributed by atoms with Crippen molar-refractivity contribution in [2.24, 2.45) is 0 Å². The first-order valence-corrected chi connectivity index (χ1v) is 9.03. The minimum atomic E-state index is -0.330. The summed E-state index contributed by atoms with van der Waals surface area (Å²) < 4.78 is 5.77. The third-order valence-electron chi connectivity index (χ3n) is 3.99. The molecule has 0 bridgehead atoms. The highest BCUT2D eigenvalue weighted by Crippen LogP contribution is 2.27. The second-order valence-electron chi connectivity index (χ2n) is 7.64. The number of rotatable bonds is 4. The lowest BCUT2D eigenvalue weighted by molar-refractivity contribution is -0.114. The van der Waals surface area contributed by atoms with Crippen LogP contribution >= 0.6 is 0 Å². The molecular weight excluding hydrogens is 356 g/mol. The summed E-state index contributed by atoms with van der Waals surface area (Å²) in [4.78, 5) is 27.9. The zero-order valence-corrected chi connectivity index (χ0v) is 16.4. The van der Waals surface area contributed by atoms with Gasteiger partial charge >= 0.3 is 6.03 Å². The molecule has 0 fully saturated rings. The first-order chi connectivity index (χ1) is 13.2. The van der Waals surface area contributed by atoms with Crippen molar-refractivity contribution in [1.82, 2.24) is 10.3 Å². The van der Waals surface area contributed by atoms with Gasteiger partial charge in [-0.25, -0.2) is 9.78 Å². The Balaban J connectivity index is 1.62. The smallest absolute Gasteiger partial charge is 0.319 e. The van der Waals surface area contributed by atoms with Crippen LogP contribution in [0.4, 0.5) is 16.2 Å². The Kier molecular flexibility index (Phi) is 5.35. The van der Waals surface area contributed by atoms with E-state index in [-0.39, 0.29) is 17.4 Å². The summed E-state index contributed by atoms with van der Waals surface area (Å²) in [5, 5.41) is 8.32.